The minimum absolute atomic E-state index is 0. The highest BCUT2D eigenvalue weighted by Crippen LogP contribution is 2.32. The molecule has 0 spiro atoms. The molecule has 1 aliphatic rings. The highest BCUT2D eigenvalue weighted by molar-refractivity contribution is 14.0. The number of aliphatic imine (C=N–C) groups is 1. The minimum atomic E-state index is 0. The summed E-state index contributed by atoms with van der Waals surface area (Å²) in [6.45, 7) is 1.72. The van der Waals surface area contributed by atoms with E-state index in [4.69, 9.17) is 19.6 Å². The fraction of sp³-hybridized carbons (Fsp3) is 0.267. The number of hydrogen-bond acceptors (Lipinski definition) is 4. The Morgan fingerprint density at radius 3 is 2.77 bits per heavy atom. The van der Waals surface area contributed by atoms with Crippen LogP contribution in [0, 0.1) is 0 Å². The maximum Gasteiger partial charge on any atom is 0.193 e. The van der Waals surface area contributed by atoms with E-state index in [2.05, 4.69) is 10.3 Å². The molecule has 1 aliphatic heterocycles. The molecule has 3 rings (SSSR count). The van der Waals surface area contributed by atoms with Crippen molar-refractivity contribution < 1.29 is 13.9 Å². The predicted molar refractivity (Wildman–Crippen MR) is 95.1 cm³/mol. The van der Waals surface area contributed by atoms with Crippen LogP contribution in [-0.2, 0) is 6.54 Å². The van der Waals surface area contributed by atoms with E-state index in [9.17, 15) is 0 Å². The molecular formula is C15H18IN3O3. The van der Waals surface area contributed by atoms with Gasteiger partial charge in [-0.1, -0.05) is 0 Å². The first kappa shape index (κ1) is 16.5. The van der Waals surface area contributed by atoms with Gasteiger partial charge in [0.15, 0.2) is 17.5 Å². The third-order valence-corrected chi connectivity index (χ3v) is 3.01. The summed E-state index contributed by atoms with van der Waals surface area (Å²) in [5.41, 5.74) is 6.66. The van der Waals surface area contributed by atoms with Crippen molar-refractivity contribution in [3.8, 4) is 11.5 Å². The van der Waals surface area contributed by atoms with E-state index in [1.54, 1.807) is 6.26 Å². The molecular weight excluding hydrogens is 397 g/mol. The van der Waals surface area contributed by atoms with E-state index in [1.165, 1.54) is 0 Å². The van der Waals surface area contributed by atoms with Gasteiger partial charge < -0.3 is 24.9 Å². The third-order valence-electron chi connectivity index (χ3n) is 3.01. The Balaban J connectivity index is 0.00000176. The van der Waals surface area contributed by atoms with Gasteiger partial charge in [-0.25, -0.2) is 4.99 Å². The van der Waals surface area contributed by atoms with Gasteiger partial charge >= 0.3 is 0 Å². The minimum Gasteiger partial charge on any atom is -0.490 e. The molecule has 1 aromatic heterocycles. The summed E-state index contributed by atoms with van der Waals surface area (Å²) in [6.07, 6.45) is 2.49. The predicted octanol–water partition coefficient (Wildman–Crippen LogP) is 2.99. The van der Waals surface area contributed by atoms with Gasteiger partial charge in [0.1, 0.15) is 12.3 Å². The van der Waals surface area contributed by atoms with Crippen LogP contribution in [0.5, 0.6) is 11.5 Å². The fourth-order valence-corrected chi connectivity index (χ4v) is 1.99. The number of furan rings is 1. The maximum atomic E-state index is 5.85. The lowest BCUT2D eigenvalue weighted by Crippen LogP contribution is -2.22. The Hall–Kier alpha value is -1.90. The zero-order valence-electron chi connectivity index (χ0n) is 12.0. The lowest BCUT2D eigenvalue weighted by atomic mass is 10.3. The molecule has 0 aliphatic carbocycles. The van der Waals surface area contributed by atoms with Crippen molar-refractivity contribution in [3.05, 3.63) is 42.4 Å². The van der Waals surface area contributed by atoms with Crippen LogP contribution in [0.4, 0.5) is 5.69 Å². The Bertz CT molecular complexity index is 629. The number of ether oxygens (including phenoxy) is 2. The standard InChI is InChI=1S/C15H17N3O3.HI/c16-15(17-10-12-3-1-6-19-12)18-11-4-5-13-14(9-11)21-8-2-7-20-13;/h1,3-6,9H,2,7-8,10H2,(H3,16,17,18);1H. The zero-order chi connectivity index (χ0) is 14.5. The quantitative estimate of drug-likeness (QED) is 0.458. The molecule has 0 unspecified atom stereocenters. The Morgan fingerprint density at radius 2 is 2.00 bits per heavy atom. The molecule has 1 aromatic carbocycles. The van der Waals surface area contributed by atoms with Crippen LogP contribution in [0.15, 0.2) is 46.0 Å². The van der Waals surface area contributed by atoms with Gasteiger partial charge in [-0.15, -0.1) is 24.0 Å². The Morgan fingerprint density at radius 1 is 1.18 bits per heavy atom. The van der Waals surface area contributed by atoms with Gasteiger partial charge in [0, 0.05) is 18.2 Å². The number of fused-ring (bicyclic) bond motifs is 1. The molecule has 0 saturated carbocycles. The summed E-state index contributed by atoms with van der Waals surface area (Å²) in [7, 11) is 0. The number of hydrogen-bond donors (Lipinski definition) is 2. The van der Waals surface area contributed by atoms with Crippen LogP contribution in [0.3, 0.4) is 0 Å². The molecule has 22 heavy (non-hydrogen) atoms. The van der Waals surface area contributed by atoms with E-state index >= 15 is 0 Å². The molecule has 0 fully saturated rings. The number of nitrogens with two attached hydrogens (primary N) is 1. The second-order valence-corrected chi connectivity index (χ2v) is 4.62. The molecule has 118 valence electrons. The molecule has 2 aromatic rings. The smallest absolute Gasteiger partial charge is 0.193 e. The van der Waals surface area contributed by atoms with Crippen LogP contribution in [-0.4, -0.2) is 19.2 Å². The third kappa shape index (κ3) is 4.30. The largest absolute Gasteiger partial charge is 0.490 e. The molecule has 0 bridgehead atoms. The van der Waals surface area contributed by atoms with Gasteiger partial charge in [0.05, 0.1) is 19.5 Å². The summed E-state index contributed by atoms with van der Waals surface area (Å²) >= 11 is 0. The monoisotopic (exact) mass is 415 g/mol. The van der Waals surface area contributed by atoms with Crippen molar-refractivity contribution in [2.75, 3.05) is 18.5 Å². The number of guanidine groups is 1. The maximum absolute atomic E-state index is 5.85. The number of nitrogens with one attached hydrogen (secondary N) is 1. The van der Waals surface area contributed by atoms with E-state index in [1.807, 2.05) is 30.3 Å². The Labute approximate surface area is 145 Å². The first-order valence-electron chi connectivity index (χ1n) is 6.80. The number of halogens is 1. The van der Waals surface area contributed by atoms with E-state index in [0.717, 1.165) is 29.4 Å². The average molecular weight is 415 g/mol. The molecule has 0 radical (unpaired) electrons. The molecule has 3 N–H and O–H groups in total. The van der Waals surface area contributed by atoms with Crippen molar-refractivity contribution >= 4 is 35.6 Å². The van der Waals surface area contributed by atoms with Crippen molar-refractivity contribution in [2.24, 2.45) is 10.7 Å². The second-order valence-electron chi connectivity index (χ2n) is 4.62. The summed E-state index contributed by atoms with van der Waals surface area (Å²) in [5, 5.41) is 3.03. The summed E-state index contributed by atoms with van der Waals surface area (Å²) < 4.78 is 16.4. The molecule has 0 saturated heterocycles. The summed E-state index contributed by atoms with van der Waals surface area (Å²) in [5.74, 6) is 2.56. The fourth-order valence-electron chi connectivity index (χ4n) is 1.99. The average Bonchev–Trinajstić information content (AvgIpc) is 2.90. The summed E-state index contributed by atoms with van der Waals surface area (Å²) in [6, 6.07) is 9.27. The van der Waals surface area contributed by atoms with Crippen LogP contribution < -0.4 is 20.5 Å². The van der Waals surface area contributed by atoms with Crippen LogP contribution in [0.25, 0.3) is 0 Å². The van der Waals surface area contributed by atoms with Crippen molar-refractivity contribution in [3.63, 3.8) is 0 Å². The molecule has 7 heteroatoms. The normalized spacial score (nSPS) is 13.9. The number of anilines is 1. The molecule has 2 heterocycles. The number of benzene rings is 1. The van der Waals surface area contributed by atoms with Crippen molar-refractivity contribution in [1.29, 1.82) is 0 Å². The second kappa shape index (κ2) is 7.92. The van der Waals surface area contributed by atoms with Crippen molar-refractivity contribution in [2.45, 2.75) is 13.0 Å². The van der Waals surface area contributed by atoms with E-state index in [0.29, 0.717) is 25.7 Å². The lowest BCUT2D eigenvalue weighted by Gasteiger charge is -2.10. The van der Waals surface area contributed by atoms with Gasteiger partial charge in [-0.3, -0.25) is 0 Å². The van der Waals surface area contributed by atoms with Gasteiger partial charge in [-0.05, 0) is 24.3 Å². The molecule has 0 atom stereocenters. The van der Waals surface area contributed by atoms with Crippen LogP contribution >= 0.6 is 24.0 Å². The topological polar surface area (TPSA) is 82.0 Å². The lowest BCUT2D eigenvalue weighted by molar-refractivity contribution is 0.297. The first-order valence-corrected chi connectivity index (χ1v) is 6.80. The highest BCUT2D eigenvalue weighted by atomic mass is 127. The number of nitrogens with zero attached hydrogens (tertiary/aromatic N) is 1. The van der Waals surface area contributed by atoms with Gasteiger partial charge in [0.25, 0.3) is 0 Å². The number of rotatable bonds is 3. The van der Waals surface area contributed by atoms with Gasteiger partial charge in [0.2, 0.25) is 0 Å². The molecule has 0 amide bonds. The van der Waals surface area contributed by atoms with E-state index in [-0.39, 0.29) is 24.0 Å². The highest BCUT2D eigenvalue weighted by Gasteiger charge is 2.10. The van der Waals surface area contributed by atoms with Crippen LogP contribution in [0.2, 0.25) is 0 Å². The van der Waals surface area contributed by atoms with Crippen molar-refractivity contribution in [1.82, 2.24) is 0 Å². The SMILES string of the molecule is I.NC(=NCc1ccco1)Nc1ccc2c(c1)OCCCO2. The van der Waals surface area contributed by atoms with Gasteiger partial charge in [-0.2, -0.15) is 0 Å². The Kier molecular flexibility index (Phi) is 5.93. The summed E-state index contributed by atoms with van der Waals surface area (Å²) in [4.78, 5) is 4.21. The van der Waals surface area contributed by atoms with Crippen LogP contribution in [0.1, 0.15) is 12.2 Å². The van der Waals surface area contributed by atoms with E-state index < -0.39 is 0 Å². The first-order chi connectivity index (χ1) is 10.3. The molecule has 6 nitrogen and oxygen atoms in total. The zero-order valence-corrected chi connectivity index (χ0v) is 14.3.